The molecule has 1 aliphatic rings. The molecule has 3 amide bonds. The molecule has 0 saturated heterocycles. The molecule has 0 bridgehead atoms. The van der Waals surface area contributed by atoms with Gasteiger partial charge in [-0.25, -0.2) is 14.4 Å². The molecule has 0 saturated carbocycles. The number of anilines is 1. The van der Waals surface area contributed by atoms with Crippen LogP contribution in [0.15, 0.2) is 24.3 Å². The predicted octanol–water partition coefficient (Wildman–Crippen LogP) is 0.769. The number of carbonyl (C=O) groups excluding carboxylic acids is 2. The smallest absolute Gasteiger partial charge is 0.274 e. The minimum Gasteiger partial charge on any atom is -0.274 e. The lowest BCUT2D eigenvalue weighted by atomic mass is 10.2. The molecule has 6 nitrogen and oxygen atoms in total. The van der Waals surface area contributed by atoms with Gasteiger partial charge in [0.1, 0.15) is 0 Å². The van der Waals surface area contributed by atoms with Crippen LogP contribution in [0.25, 0.3) is 0 Å². The van der Waals surface area contributed by atoms with E-state index in [0.717, 1.165) is 4.90 Å². The number of carbonyl (C=O) groups is 2. The van der Waals surface area contributed by atoms with Crippen LogP contribution in [0.4, 0.5) is 10.5 Å². The third kappa shape index (κ3) is 2.40. The van der Waals surface area contributed by atoms with E-state index in [-0.39, 0.29) is 6.42 Å². The Kier molecular flexibility index (Phi) is 2.80. The van der Waals surface area contributed by atoms with E-state index in [2.05, 4.69) is 0 Å². The number of halogens is 1. The first-order valence-corrected chi connectivity index (χ1v) is 6.86. The van der Waals surface area contributed by atoms with Crippen LogP contribution in [-0.4, -0.2) is 20.4 Å². The molecule has 0 unspecified atom stereocenters. The molecule has 8 heteroatoms. The molecule has 0 atom stereocenters. The number of benzene rings is 1. The zero-order valence-electron chi connectivity index (χ0n) is 8.38. The lowest BCUT2D eigenvalue weighted by Gasteiger charge is -2.14. The highest BCUT2D eigenvalue weighted by Gasteiger charge is 2.33. The highest BCUT2D eigenvalue weighted by molar-refractivity contribution is 8.12. The molecule has 0 fully saturated rings. The van der Waals surface area contributed by atoms with E-state index in [0.29, 0.717) is 11.3 Å². The summed E-state index contributed by atoms with van der Waals surface area (Å²) < 4.78 is 23.0. The van der Waals surface area contributed by atoms with Crippen LogP contribution < -0.4 is 9.62 Å². The second-order valence-electron chi connectivity index (χ2n) is 3.38. The predicted molar refractivity (Wildman–Crippen MR) is 60.9 cm³/mol. The van der Waals surface area contributed by atoms with Crippen molar-refractivity contribution in [3.05, 3.63) is 29.8 Å². The largest absolute Gasteiger partial charge is 0.343 e. The van der Waals surface area contributed by atoms with Gasteiger partial charge in [0.25, 0.3) is 0 Å². The van der Waals surface area contributed by atoms with E-state index in [1.165, 1.54) is 4.72 Å². The second kappa shape index (κ2) is 4.01. The molecule has 0 aliphatic carbocycles. The third-order valence-electron chi connectivity index (χ3n) is 2.24. The average molecular weight is 275 g/mol. The van der Waals surface area contributed by atoms with Gasteiger partial charge < -0.3 is 0 Å². The second-order valence-corrected chi connectivity index (χ2v) is 5.68. The number of nitrogens with zero attached hydrogens (tertiary/aromatic N) is 1. The molecule has 1 aromatic carbocycles. The summed E-state index contributed by atoms with van der Waals surface area (Å²) in [5.41, 5.74) is 1.04. The molecular weight excluding hydrogens is 268 g/mol. The van der Waals surface area contributed by atoms with Gasteiger partial charge in [0, 0.05) is 10.7 Å². The molecule has 1 N–H and O–H groups in total. The quantitative estimate of drug-likeness (QED) is 0.767. The zero-order valence-corrected chi connectivity index (χ0v) is 9.96. The number of nitrogens with one attached hydrogen (secondary N) is 1. The van der Waals surface area contributed by atoms with Crippen LogP contribution in [-0.2, 0) is 20.5 Å². The maximum absolute atomic E-state index is 11.6. The Hall–Kier alpha value is -1.60. The van der Waals surface area contributed by atoms with Crippen molar-refractivity contribution in [3.63, 3.8) is 0 Å². The highest BCUT2D eigenvalue weighted by Crippen LogP contribution is 2.28. The van der Waals surface area contributed by atoms with Crippen molar-refractivity contribution in [1.29, 1.82) is 0 Å². The zero-order chi connectivity index (χ0) is 12.6. The minimum atomic E-state index is -4.21. The fourth-order valence-electron chi connectivity index (χ4n) is 1.63. The summed E-state index contributed by atoms with van der Waals surface area (Å²) in [5.74, 6) is -0.496. The van der Waals surface area contributed by atoms with Gasteiger partial charge in [-0.05, 0) is 11.6 Å². The first kappa shape index (κ1) is 11.9. The number of hydrogen-bond acceptors (Lipinski definition) is 4. The number of amides is 3. The molecule has 1 aliphatic heterocycles. The standard InChI is InChI=1S/C9H7ClN2O4S/c10-17(15,16)11-9(14)12-7-4-2-1-3-6(7)5-8(12)13/h1-4H,5H2,(H,11,14). The monoisotopic (exact) mass is 274 g/mol. The molecule has 2 rings (SSSR count). The number of rotatable bonds is 1. The van der Waals surface area contributed by atoms with Crippen LogP contribution in [0.5, 0.6) is 0 Å². The van der Waals surface area contributed by atoms with Crippen LogP contribution in [0.2, 0.25) is 0 Å². The van der Waals surface area contributed by atoms with Crippen LogP contribution in [0.3, 0.4) is 0 Å². The summed E-state index contributed by atoms with van der Waals surface area (Å²) in [6.07, 6.45) is 0.0614. The van der Waals surface area contributed by atoms with E-state index < -0.39 is 21.2 Å². The number of imide groups is 1. The SMILES string of the molecule is O=C1Cc2ccccc2N1C(=O)NS(=O)(=O)Cl. The van der Waals surface area contributed by atoms with Gasteiger partial charge in [0.05, 0.1) is 12.1 Å². The van der Waals surface area contributed by atoms with Gasteiger partial charge in [0.2, 0.25) is 5.91 Å². The van der Waals surface area contributed by atoms with Gasteiger partial charge in [-0.1, -0.05) is 18.2 Å². The number of fused-ring (bicyclic) bond motifs is 1. The molecule has 1 aromatic rings. The van der Waals surface area contributed by atoms with Crippen molar-refractivity contribution >= 4 is 37.5 Å². The van der Waals surface area contributed by atoms with Gasteiger partial charge in [0.15, 0.2) is 0 Å². The summed E-state index contributed by atoms with van der Waals surface area (Å²) >= 11 is 0. The highest BCUT2D eigenvalue weighted by atomic mass is 35.7. The molecule has 90 valence electrons. The Bertz CT molecular complexity index is 599. The van der Waals surface area contributed by atoms with Crippen molar-refractivity contribution in [2.24, 2.45) is 0 Å². The Labute approximate surface area is 102 Å². The van der Waals surface area contributed by atoms with E-state index in [1.807, 2.05) is 0 Å². The summed E-state index contributed by atoms with van der Waals surface area (Å²) in [6.45, 7) is 0. The topological polar surface area (TPSA) is 83.6 Å². The van der Waals surface area contributed by atoms with Crippen LogP contribution >= 0.6 is 10.7 Å². The average Bonchev–Trinajstić information content (AvgIpc) is 2.50. The summed E-state index contributed by atoms with van der Waals surface area (Å²) in [6, 6.07) is 5.55. The van der Waals surface area contributed by atoms with E-state index in [4.69, 9.17) is 10.7 Å². The normalized spacial score (nSPS) is 14.6. The third-order valence-corrected chi connectivity index (χ3v) is 2.89. The van der Waals surface area contributed by atoms with Crippen molar-refractivity contribution in [2.75, 3.05) is 4.90 Å². The molecule has 1 heterocycles. The summed E-state index contributed by atoms with van der Waals surface area (Å²) in [4.78, 5) is 23.9. The lowest BCUT2D eigenvalue weighted by Crippen LogP contribution is -2.43. The lowest BCUT2D eigenvalue weighted by molar-refractivity contribution is -0.116. The maximum atomic E-state index is 11.6. The van der Waals surface area contributed by atoms with Crippen molar-refractivity contribution in [3.8, 4) is 0 Å². The number of urea groups is 1. The van der Waals surface area contributed by atoms with Crippen molar-refractivity contribution in [2.45, 2.75) is 6.42 Å². The van der Waals surface area contributed by atoms with E-state index >= 15 is 0 Å². The molecular formula is C9H7ClN2O4S. The molecule has 0 radical (unpaired) electrons. The van der Waals surface area contributed by atoms with E-state index in [1.54, 1.807) is 24.3 Å². The van der Waals surface area contributed by atoms with Crippen LogP contribution in [0, 0.1) is 0 Å². The van der Waals surface area contributed by atoms with Gasteiger partial charge >= 0.3 is 15.3 Å². The Morgan fingerprint density at radius 1 is 1.35 bits per heavy atom. The van der Waals surface area contributed by atoms with Gasteiger partial charge in [-0.2, -0.15) is 8.42 Å². The van der Waals surface area contributed by atoms with Crippen LogP contribution in [0.1, 0.15) is 5.56 Å². The van der Waals surface area contributed by atoms with E-state index in [9.17, 15) is 18.0 Å². The first-order valence-electron chi connectivity index (χ1n) is 4.56. The Morgan fingerprint density at radius 2 is 2.00 bits per heavy atom. The number of para-hydroxylation sites is 1. The summed E-state index contributed by atoms with van der Waals surface area (Å²) in [7, 11) is 0.676. The summed E-state index contributed by atoms with van der Waals surface area (Å²) in [5, 5.41) is 0. The maximum Gasteiger partial charge on any atom is 0.343 e. The van der Waals surface area contributed by atoms with Gasteiger partial charge in [-0.15, -0.1) is 0 Å². The van der Waals surface area contributed by atoms with Crippen molar-refractivity contribution in [1.82, 2.24) is 4.72 Å². The molecule has 0 aromatic heterocycles. The Morgan fingerprint density at radius 3 is 2.65 bits per heavy atom. The fraction of sp³-hybridized carbons (Fsp3) is 0.111. The molecule has 0 spiro atoms. The fourth-order valence-corrected chi connectivity index (χ4v) is 2.13. The Balaban J connectivity index is 2.34. The minimum absolute atomic E-state index is 0.0614. The first-order chi connectivity index (χ1) is 7.88. The van der Waals surface area contributed by atoms with Crippen molar-refractivity contribution < 1.29 is 18.0 Å². The molecule has 17 heavy (non-hydrogen) atoms. The number of hydrogen-bond donors (Lipinski definition) is 1. The van der Waals surface area contributed by atoms with Gasteiger partial charge in [-0.3, -0.25) is 4.79 Å².